The van der Waals surface area contributed by atoms with Gasteiger partial charge in [0.05, 0.1) is 11.7 Å². The molecule has 0 radical (unpaired) electrons. The molecule has 2 fully saturated rings. The topological polar surface area (TPSA) is 45.7 Å². The number of piperidine rings is 1. The molecule has 1 amide bonds. The number of carbonyl (C=O) groups is 1. The SMILES string of the molecule is CO[C@H]1CN(C(C)C)[C@H]1C1CCN(C(=O)c2ccc(C)nc2)CC1. The van der Waals surface area contributed by atoms with E-state index in [0.717, 1.165) is 38.2 Å². The number of carbonyl (C=O) groups excluding carboxylic acids is 1. The number of aromatic nitrogens is 1. The Bertz CT molecular complexity index is 564. The first-order valence-corrected chi connectivity index (χ1v) is 9.01. The van der Waals surface area contributed by atoms with Crippen molar-refractivity contribution in [3.63, 3.8) is 0 Å². The molecule has 3 rings (SSSR count). The highest BCUT2D eigenvalue weighted by Gasteiger charge is 2.45. The first-order chi connectivity index (χ1) is 11.5. The third kappa shape index (κ3) is 3.33. The number of amides is 1. The fraction of sp³-hybridized carbons (Fsp3) is 0.684. The molecule has 5 nitrogen and oxygen atoms in total. The van der Waals surface area contributed by atoms with Crippen LogP contribution in [0.2, 0.25) is 0 Å². The van der Waals surface area contributed by atoms with Gasteiger partial charge in [0.15, 0.2) is 0 Å². The summed E-state index contributed by atoms with van der Waals surface area (Å²) in [5.41, 5.74) is 1.64. The van der Waals surface area contributed by atoms with Crippen molar-refractivity contribution in [2.75, 3.05) is 26.7 Å². The lowest BCUT2D eigenvalue weighted by Gasteiger charge is -2.54. The van der Waals surface area contributed by atoms with Crippen molar-refractivity contribution in [2.24, 2.45) is 5.92 Å². The molecule has 5 heteroatoms. The average Bonchev–Trinajstić information content (AvgIpc) is 2.55. The highest BCUT2D eigenvalue weighted by atomic mass is 16.5. The fourth-order valence-corrected chi connectivity index (χ4v) is 4.08. The van der Waals surface area contributed by atoms with Crippen LogP contribution >= 0.6 is 0 Å². The molecule has 0 saturated carbocycles. The number of pyridine rings is 1. The molecule has 2 aliphatic heterocycles. The standard InChI is InChI=1S/C19H29N3O2/c1-13(2)22-12-17(24-4)18(22)15-7-9-21(10-8-15)19(23)16-6-5-14(3)20-11-16/h5-6,11,13,15,17-18H,7-10,12H2,1-4H3/t17-,18-/m0/s1. The lowest BCUT2D eigenvalue weighted by Crippen LogP contribution is -2.66. The summed E-state index contributed by atoms with van der Waals surface area (Å²) in [5, 5.41) is 0. The number of likely N-dealkylation sites (tertiary alicyclic amines) is 2. The van der Waals surface area contributed by atoms with Crippen molar-refractivity contribution in [3.05, 3.63) is 29.6 Å². The zero-order valence-corrected chi connectivity index (χ0v) is 15.2. The van der Waals surface area contributed by atoms with Crippen LogP contribution in [-0.4, -0.2) is 65.6 Å². The largest absolute Gasteiger partial charge is 0.378 e. The van der Waals surface area contributed by atoms with Crippen LogP contribution in [-0.2, 0) is 4.74 Å². The summed E-state index contributed by atoms with van der Waals surface area (Å²) >= 11 is 0. The van der Waals surface area contributed by atoms with Gasteiger partial charge in [-0.2, -0.15) is 0 Å². The fourth-order valence-electron chi connectivity index (χ4n) is 4.08. The van der Waals surface area contributed by atoms with Crippen LogP contribution in [0.3, 0.4) is 0 Å². The van der Waals surface area contributed by atoms with E-state index in [0.29, 0.717) is 29.7 Å². The summed E-state index contributed by atoms with van der Waals surface area (Å²) in [7, 11) is 1.82. The summed E-state index contributed by atoms with van der Waals surface area (Å²) in [6, 6.07) is 4.84. The minimum atomic E-state index is 0.110. The number of ether oxygens (including phenoxy) is 1. The highest BCUT2D eigenvalue weighted by Crippen LogP contribution is 2.35. The summed E-state index contributed by atoms with van der Waals surface area (Å²) < 4.78 is 5.66. The average molecular weight is 331 g/mol. The Balaban J connectivity index is 1.59. The number of hydrogen-bond donors (Lipinski definition) is 0. The van der Waals surface area contributed by atoms with E-state index in [9.17, 15) is 4.79 Å². The molecule has 0 N–H and O–H groups in total. The maximum Gasteiger partial charge on any atom is 0.255 e. The van der Waals surface area contributed by atoms with Gasteiger partial charge in [0, 0.05) is 50.7 Å². The normalized spacial score (nSPS) is 25.8. The number of methoxy groups -OCH3 is 1. The number of hydrogen-bond acceptors (Lipinski definition) is 4. The van der Waals surface area contributed by atoms with Gasteiger partial charge in [-0.15, -0.1) is 0 Å². The first-order valence-electron chi connectivity index (χ1n) is 9.01. The quantitative estimate of drug-likeness (QED) is 0.850. The minimum absolute atomic E-state index is 0.110. The Labute approximate surface area is 145 Å². The molecule has 1 aromatic rings. The molecule has 132 valence electrons. The molecular weight excluding hydrogens is 302 g/mol. The Hall–Kier alpha value is -1.46. The van der Waals surface area contributed by atoms with Gasteiger partial charge in [-0.1, -0.05) is 0 Å². The zero-order valence-electron chi connectivity index (χ0n) is 15.2. The molecule has 0 unspecified atom stereocenters. The lowest BCUT2D eigenvalue weighted by atomic mass is 9.79. The van der Waals surface area contributed by atoms with Gasteiger partial charge in [0.1, 0.15) is 0 Å². The van der Waals surface area contributed by atoms with E-state index < -0.39 is 0 Å². The van der Waals surface area contributed by atoms with Crippen LogP contribution in [0.4, 0.5) is 0 Å². The van der Waals surface area contributed by atoms with E-state index in [1.807, 2.05) is 31.1 Å². The van der Waals surface area contributed by atoms with Crippen molar-refractivity contribution in [1.29, 1.82) is 0 Å². The zero-order chi connectivity index (χ0) is 17.3. The van der Waals surface area contributed by atoms with Gasteiger partial charge in [0.25, 0.3) is 5.91 Å². The van der Waals surface area contributed by atoms with Crippen molar-refractivity contribution < 1.29 is 9.53 Å². The molecular formula is C19H29N3O2. The van der Waals surface area contributed by atoms with Crippen LogP contribution < -0.4 is 0 Å². The molecule has 2 saturated heterocycles. The first kappa shape index (κ1) is 17.4. The Morgan fingerprint density at radius 1 is 1.29 bits per heavy atom. The van der Waals surface area contributed by atoms with Gasteiger partial charge in [0.2, 0.25) is 0 Å². The van der Waals surface area contributed by atoms with E-state index in [1.54, 1.807) is 6.20 Å². The van der Waals surface area contributed by atoms with Crippen LogP contribution in [0.15, 0.2) is 18.3 Å². The van der Waals surface area contributed by atoms with E-state index in [-0.39, 0.29) is 5.91 Å². The van der Waals surface area contributed by atoms with Gasteiger partial charge >= 0.3 is 0 Å². The van der Waals surface area contributed by atoms with Crippen LogP contribution in [0.1, 0.15) is 42.7 Å². The summed E-state index contributed by atoms with van der Waals surface area (Å²) in [6.45, 7) is 9.13. The maximum absolute atomic E-state index is 12.6. The van der Waals surface area contributed by atoms with Crippen molar-refractivity contribution in [1.82, 2.24) is 14.8 Å². The van der Waals surface area contributed by atoms with Gasteiger partial charge in [-0.25, -0.2) is 0 Å². The second kappa shape index (κ2) is 7.19. The molecule has 0 bridgehead atoms. The van der Waals surface area contributed by atoms with Crippen LogP contribution in [0, 0.1) is 12.8 Å². The molecule has 0 aliphatic carbocycles. The van der Waals surface area contributed by atoms with Crippen LogP contribution in [0.25, 0.3) is 0 Å². The Morgan fingerprint density at radius 2 is 2.00 bits per heavy atom. The van der Waals surface area contributed by atoms with E-state index in [1.165, 1.54) is 0 Å². The van der Waals surface area contributed by atoms with Crippen molar-refractivity contribution in [2.45, 2.75) is 51.8 Å². The molecule has 0 spiro atoms. The number of rotatable bonds is 4. The third-order valence-electron chi connectivity index (χ3n) is 5.59. The summed E-state index contributed by atoms with van der Waals surface area (Å²) in [4.78, 5) is 21.4. The molecule has 1 aromatic heterocycles. The van der Waals surface area contributed by atoms with Gasteiger partial charge < -0.3 is 9.64 Å². The van der Waals surface area contributed by atoms with Crippen LogP contribution in [0.5, 0.6) is 0 Å². The minimum Gasteiger partial charge on any atom is -0.378 e. The molecule has 3 heterocycles. The lowest BCUT2D eigenvalue weighted by molar-refractivity contribution is -0.128. The summed E-state index contributed by atoms with van der Waals surface area (Å²) in [6.07, 6.45) is 4.15. The van der Waals surface area contributed by atoms with Gasteiger partial charge in [-0.05, 0) is 51.7 Å². The predicted octanol–water partition coefficient (Wildman–Crippen LogP) is 2.35. The monoisotopic (exact) mass is 331 g/mol. The smallest absolute Gasteiger partial charge is 0.255 e. The molecule has 2 atom stereocenters. The van der Waals surface area contributed by atoms with Crippen molar-refractivity contribution >= 4 is 5.91 Å². The van der Waals surface area contributed by atoms with E-state index in [2.05, 4.69) is 23.7 Å². The molecule has 2 aliphatic rings. The molecule has 24 heavy (non-hydrogen) atoms. The second-order valence-electron chi connectivity index (χ2n) is 7.37. The maximum atomic E-state index is 12.6. The Kier molecular flexibility index (Phi) is 5.21. The van der Waals surface area contributed by atoms with Gasteiger partial charge in [-0.3, -0.25) is 14.7 Å². The van der Waals surface area contributed by atoms with E-state index in [4.69, 9.17) is 4.74 Å². The van der Waals surface area contributed by atoms with E-state index >= 15 is 0 Å². The molecule has 0 aromatic carbocycles. The highest BCUT2D eigenvalue weighted by molar-refractivity contribution is 5.93. The second-order valence-corrected chi connectivity index (χ2v) is 7.37. The van der Waals surface area contributed by atoms with Crippen molar-refractivity contribution in [3.8, 4) is 0 Å². The number of aryl methyl sites for hydroxylation is 1. The summed E-state index contributed by atoms with van der Waals surface area (Å²) in [5.74, 6) is 0.727. The Morgan fingerprint density at radius 3 is 2.54 bits per heavy atom. The predicted molar refractivity (Wildman–Crippen MR) is 94.0 cm³/mol. The number of nitrogens with zero attached hydrogens (tertiary/aromatic N) is 3. The third-order valence-corrected chi connectivity index (χ3v) is 5.59.